The SMILES string of the molecule is CC.CC.CC.CC.COc1ccccc1C1CC(=O)CC(=O)C1.C[B]Oc1ccc(C2CC(=O)CC(=O)C2)cc1.C[B]Oc1cccc(C2CC(=O)CC(=O)C2)c1.[B]. The van der Waals surface area contributed by atoms with Crippen LogP contribution < -0.4 is 14.0 Å². The van der Waals surface area contributed by atoms with Crippen LogP contribution in [0.2, 0.25) is 13.6 Å². The maximum Gasteiger partial charge on any atom is 0.366 e. The van der Waals surface area contributed by atoms with E-state index < -0.39 is 0 Å². The summed E-state index contributed by atoms with van der Waals surface area (Å²) in [6, 6.07) is 22.7. The van der Waals surface area contributed by atoms with E-state index in [0.29, 0.717) is 38.5 Å². The van der Waals surface area contributed by atoms with E-state index in [-0.39, 0.29) is 80.1 Å². The summed E-state index contributed by atoms with van der Waals surface area (Å²) in [7, 11) is 4.82. The highest BCUT2D eigenvalue weighted by atomic mass is 16.5. The van der Waals surface area contributed by atoms with Crippen molar-refractivity contribution < 1.29 is 42.8 Å². The van der Waals surface area contributed by atoms with Gasteiger partial charge in [0.1, 0.15) is 40.4 Å². The Morgan fingerprint density at radius 2 is 0.847 bits per heavy atom. The van der Waals surface area contributed by atoms with Crippen LogP contribution >= 0.6 is 0 Å². The number of methoxy groups -OCH3 is 1. The number of Topliss-reactive ketones (excluding diaryl/α,β-unsaturated/α-hetero) is 6. The first kappa shape index (κ1) is 56.4. The molecule has 6 rings (SSSR count). The van der Waals surface area contributed by atoms with Crippen molar-refractivity contribution in [3.05, 3.63) is 89.5 Å². The fourth-order valence-corrected chi connectivity index (χ4v) is 6.59. The first-order chi connectivity index (χ1) is 28.1. The Balaban J connectivity index is 0. The lowest BCUT2D eigenvalue weighted by molar-refractivity contribution is -0.131. The molecule has 0 N–H and O–H groups in total. The second kappa shape index (κ2) is 33.1. The topological polar surface area (TPSA) is 130 Å². The van der Waals surface area contributed by atoms with E-state index in [2.05, 4.69) is 0 Å². The number of hydrogen-bond acceptors (Lipinski definition) is 9. The molecule has 0 amide bonds. The van der Waals surface area contributed by atoms with Crippen molar-refractivity contribution in [2.24, 2.45) is 0 Å². The third kappa shape index (κ3) is 20.7. The zero-order valence-electron chi connectivity index (χ0n) is 37.4. The van der Waals surface area contributed by atoms with Crippen molar-refractivity contribution in [1.29, 1.82) is 0 Å². The monoisotopic (exact) mass is 807 g/mol. The minimum Gasteiger partial charge on any atom is -0.564 e. The smallest absolute Gasteiger partial charge is 0.366 e. The largest absolute Gasteiger partial charge is 0.564 e. The van der Waals surface area contributed by atoms with Crippen LogP contribution in [0.3, 0.4) is 0 Å². The van der Waals surface area contributed by atoms with E-state index in [9.17, 15) is 28.8 Å². The molecule has 3 fully saturated rings. The highest BCUT2D eigenvalue weighted by Gasteiger charge is 2.29. The van der Waals surface area contributed by atoms with E-state index in [1.807, 2.05) is 135 Å². The van der Waals surface area contributed by atoms with Gasteiger partial charge in [0.2, 0.25) is 0 Å². The predicted molar refractivity (Wildman–Crippen MR) is 241 cm³/mol. The second-order valence-electron chi connectivity index (χ2n) is 12.7. The quantitative estimate of drug-likeness (QED) is 0.161. The first-order valence-corrected chi connectivity index (χ1v) is 20.9. The number of ether oxygens (including phenoxy) is 1. The average molecular weight is 807 g/mol. The van der Waals surface area contributed by atoms with E-state index >= 15 is 0 Å². The third-order valence-electron chi connectivity index (χ3n) is 8.80. The molecule has 0 bridgehead atoms. The van der Waals surface area contributed by atoms with E-state index in [1.165, 1.54) is 0 Å². The summed E-state index contributed by atoms with van der Waals surface area (Å²) in [5.41, 5.74) is 3.01. The molecule has 3 aromatic carbocycles. The molecule has 0 aliphatic heterocycles. The van der Waals surface area contributed by atoms with Crippen LogP contribution in [0.1, 0.15) is 148 Å². The molecular weight excluding hydrogens is 741 g/mol. The van der Waals surface area contributed by atoms with Crippen molar-refractivity contribution in [3.63, 3.8) is 0 Å². The van der Waals surface area contributed by atoms with Gasteiger partial charge in [-0.15, -0.1) is 0 Å². The number of carbonyl (C=O) groups excluding carboxylic acids is 6. The summed E-state index contributed by atoms with van der Waals surface area (Å²) in [6.45, 7) is 19.6. The van der Waals surface area contributed by atoms with Crippen LogP contribution in [0.4, 0.5) is 0 Å². The Kier molecular flexibility index (Phi) is 31.7. The number of rotatable bonds is 8. The minimum atomic E-state index is -0.00935. The van der Waals surface area contributed by atoms with Gasteiger partial charge in [0.15, 0.2) is 0 Å². The van der Waals surface area contributed by atoms with Crippen LogP contribution in [0.25, 0.3) is 0 Å². The third-order valence-corrected chi connectivity index (χ3v) is 8.80. The van der Waals surface area contributed by atoms with E-state index in [1.54, 1.807) is 28.9 Å². The minimum absolute atomic E-state index is 0. The van der Waals surface area contributed by atoms with E-state index in [4.69, 9.17) is 14.0 Å². The average Bonchev–Trinajstić information content (AvgIpc) is 3.24. The Morgan fingerprint density at radius 1 is 0.458 bits per heavy atom. The summed E-state index contributed by atoms with van der Waals surface area (Å²) < 4.78 is 15.8. The molecule has 3 aliphatic carbocycles. The van der Waals surface area contributed by atoms with Crippen molar-refractivity contribution in [2.75, 3.05) is 7.11 Å². The Bertz CT molecular complexity index is 1640. The first-order valence-electron chi connectivity index (χ1n) is 20.9. The van der Waals surface area contributed by atoms with Crippen LogP contribution in [0.5, 0.6) is 17.2 Å². The van der Waals surface area contributed by atoms with Crippen LogP contribution in [-0.4, -0.2) is 65.2 Å². The molecule has 59 heavy (non-hydrogen) atoms. The van der Waals surface area contributed by atoms with Crippen molar-refractivity contribution in [1.82, 2.24) is 0 Å². The molecule has 317 valence electrons. The van der Waals surface area contributed by atoms with E-state index in [0.717, 1.165) is 33.9 Å². The van der Waals surface area contributed by atoms with Crippen molar-refractivity contribution >= 4 is 58.1 Å². The highest BCUT2D eigenvalue weighted by molar-refractivity contribution is 6.26. The molecule has 0 saturated heterocycles. The van der Waals surface area contributed by atoms with Gasteiger partial charge < -0.3 is 14.0 Å². The lowest BCUT2D eigenvalue weighted by Crippen LogP contribution is -2.21. The lowest BCUT2D eigenvalue weighted by Gasteiger charge is -2.22. The molecule has 0 spiro atoms. The number of para-hydroxylation sites is 1. The van der Waals surface area contributed by atoms with Gasteiger partial charge in [0.25, 0.3) is 0 Å². The standard InChI is InChI=1S/2C13H14BO3.C13H14O3.4C2H6.B/c1-14-17-13-4-2-9(3-5-13)10-6-11(15)8-12(16)7-10;1-14-17-13-4-2-3-9(7-13)10-5-11(15)8-12(16)6-10;1-16-13-5-3-2-4-12(13)9-6-10(14)8-11(15)7-9;4*1-2;/h2-5,10H,6-8H2,1H3;2-4,7,10H,5-6,8H2,1H3;2-5,9H,6-8H2,1H3;4*1-2H3;. The molecule has 3 aliphatic rings. The summed E-state index contributed by atoms with van der Waals surface area (Å²) in [4.78, 5) is 68.4. The normalized spacial score (nSPS) is 15.0. The zero-order chi connectivity index (χ0) is 44.0. The molecule has 0 atom stereocenters. The van der Waals surface area contributed by atoms with Crippen molar-refractivity contribution in [2.45, 2.75) is 145 Å². The number of carbonyl (C=O) groups is 6. The number of ketones is 6. The molecular formula is C47H66B3O9. The lowest BCUT2D eigenvalue weighted by atomic mass is 9.82. The molecule has 0 heterocycles. The van der Waals surface area contributed by atoms with Gasteiger partial charge in [-0.25, -0.2) is 0 Å². The van der Waals surface area contributed by atoms with Gasteiger partial charge in [-0.3, -0.25) is 28.8 Å². The fourth-order valence-electron chi connectivity index (χ4n) is 6.59. The van der Waals surface area contributed by atoms with Gasteiger partial charge in [0.05, 0.1) is 37.9 Å². The maximum absolute atomic E-state index is 11.4. The summed E-state index contributed by atoms with van der Waals surface area (Å²) in [6.07, 6.45) is 3.11. The molecule has 12 heteroatoms. The zero-order valence-corrected chi connectivity index (χ0v) is 37.4. The maximum atomic E-state index is 11.4. The summed E-state index contributed by atoms with van der Waals surface area (Å²) in [5, 5.41) is 0. The van der Waals surface area contributed by atoms with Crippen LogP contribution in [-0.2, 0) is 28.8 Å². The Labute approximate surface area is 358 Å². The van der Waals surface area contributed by atoms with Crippen LogP contribution in [0.15, 0.2) is 72.8 Å². The Hall–Kier alpha value is -4.73. The molecule has 5 radical (unpaired) electrons. The van der Waals surface area contributed by atoms with Gasteiger partial charge >= 0.3 is 15.0 Å². The molecule has 3 aromatic rings. The second-order valence-corrected chi connectivity index (χ2v) is 12.7. The molecule has 0 aromatic heterocycles. The number of hydrogen-bond donors (Lipinski definition) is 0. The summed E-state index contributed by atoms with van der Waals surface area (Å²) in [5.74, 6) is 2.58. The predicted octanol–water partition coefficient (Wildman–Crippen LogP) is 10.1. The van der Waals surface area contributed by atoms with Gasteiger partial charge in [-0.05, 0) is 58.9 Å². The Morgan fingerprint density at radius 3 is 1.27 bits per heavy atom. The van der Waals surface area contributed by atoms with Gasteiger partial charge in [0, 0.05) is 52.9 Å². The molecule has 0 unspecified atom stereocenters. The molecule has 3 saturated carbocycles. The number of benzene rings is 3. The van der Waals surface area contributed by atoms with Gasteiger partial charge in [-0.2, -0.15) is 0 Å². The molecule has 9 nitrogen and oxygen atoms in total. The fraction of sp³-hybridized carbons (Fsp3) is 0.489. The highest BCUT2D eigenvalue weighted by Crippen LogP contribution is 2.35. The van der Waals surface area contributed by atoms with Gasteiger partial charge in [-0.1, -0.05) is 112 Å². The summed E-state index contributed by atoms with van der Waals surface area (Å²) >= 11 is 0. The van der Waals surface area contributed by atoms with Crippen molar-refractivity contribution in [3.8, 4) is 17.2 Å². The van der Waals surface area contributed by atoms with Crippen LogP contribution in [0, 0.1) is 0 Å².